The fraction of sp³-hybridized carbons (Fsp3) is 0.100. The van der Waals surface area contributed by atoms with E-state index in [1.54, 1.807) is 0 Å². The van der Waals surface area contributed by atoms with Gasteiger partial charge in [0, 0.05) is 26.4 Å². The maximum absolute atomic E-state index is 10.8. The Morgan fingerprint density at radius 3 is 2.93 bits per heavy atom. The number of benzene rings is 1. The van der Waals surface area contributed by atoms with Crippen molar-refractivity contribution in [2.75, 3.05) is 0 Å². The van der Waals surface area contributed by atoms with Crippen LogP contribution in [0.4, 0.5) is 0 Å². The second kappa shape index (κ2) is 4.01. The molecule has 0 spiro atoms. The third kappa shape index (κ3) is 1.60. The van der Waals surface area contributed by atoms with Gasteiger partial charge in [0.1, 0.15) is 0 Å². The van der Waals surface area contributed by atoms with Crippen molar-refractivity contribution in [1.82, 2.24) is 0 Å². The van der Waals surface area contributed by atoms with Crippen molar-refractivity contribution in [3.05, 3.63) is 33.7 Å². The molecule has 0 saturated heterocycles. The molecule has 72 valence electrons. The van der Waals surface area contributed by atoms with E-state index in [9.17, 15) is 4.79 Å². The number of alkyl halides is 1. The van der Waals surface area contributed by atoms with Crippen LogP contribution in [0.1, 0.15) is 15.9 Å². The van der Waals surface area contributed by atoms with Gasteiger partial charge in [-0.25, -0.2) is 0 Å². The molecule has 2 aromatic rings. The second-order valence-corrected chi connectivity index (χ2v) is 4.74. The summed E-state index contributed by atoms with van der Waals surface area (Å²) in [6.45, 7) is 0. The minimum Gasteiger partial charge on any atom is -0.298 e. The summed E-state index contributed by atoms with van der Waals surface area (Å²) in [5.74, 6) is 0. The van der Waals surface area contributed by atoms with Gasteiger partial charge in [0.15, 0.2) is 6.29 Å². The van der Waals surface area contributed by atoms with Crippen molar-refractivity contribution in [3.63, 3.8) is 0 Å². The number of carbonyl (C=O) groups is 1. The van der Waals surface area contributed by atoms with E-state index in [0.29, 0.717) is 5.56 Å². The number of halogens is 2. The number of rotatable bonds is 2. The summed E-state index contributed by atoms with van der Waals surface area (Å²) in [5, 5.41) is 4.28. The minimum absolute atomic E-state index is 0.717. The van der Waals surface area contributed by atoms with Gasteiger partial charge >= 0.3 is 0 Å². The van der Waals surface area contributed by atoms with Crippen molar-refractivity contribution in [1.29, 1.82) is 0 Å². The lowest BCUT2D eigenvalue weighted by Crippen LogP contribution is -1.84. The van der Waals surface area contributed by atoms with Crippen LogP contribution in [0.15, 0.2) is 17.5 Å². The Morgan fingerprint density at radius 2 is 2.29 bits per heavy atom. The number of fused-ring (bicyclic) bond motifs is 1. The third-order valence-corrected chi connectivity index (χ3v) is 4.13. The van der Waals surface area contributed by atoms with Gasteiger partial charge in [-0.15, -0.1) is 11.3 Å². The molecule has 4 heteroatoms. The van der Waals surface area contributed by atoms with Gasteiger partial charge in [0.05, 0.1) is 5.02 Å². The van der Waals surface area contributed by atoms with Crippen LogP contribution >= 0.6 is 38.9 Å². The molecule has 1 aromatic heterocycles. The lowest BCUT2D eigenvalue weighted by molar-refractivity contribution is 0.112. The Bertz CT molecular complexity index is 492. The Kier molecular flexibility index (Phi) is 2.91. The minimum atomic E-state index is 0.717. The summed E-state index contributed by atoms with van der Waals surface area (Å²) < 4.78 is 0.967. The van der Waals surface area contributed by atoms with Crippen molar-refractivity contribution in [2.24, 2.45) is 0 Å². The van der Waals surface area contributed by atoms with Gasteiger partial charge in [0.2, 0.25) is 0 Å². The molecular weight excluding hydrogens is 284 g/mol. The fourth-order valence-electron chi connectivity index (χ4n) is 1.36. The monoisotopic (exact) mass is 288 g/mol. The Morgan fingerprint density at radius 1 is 1.50 bits per heavy atom. The molecule has 0 amide bonds. The van der Waals surface area contributed by atoms with Gasteiger partial charge in [0.25, 0.3) is 0 Å². The van der Waals surface area contributed by atoms with E-state index in [-0.39, 0.29) is 0 Å². The predicted molar refractivity (Wildman–Crippen MR) is 64.9 cm³/mol. The molecule has 1 nitrogen and oxygen atoms in total. The van der Waals surface area contributed by atoms with E-state index >= 15 is 0 Å². The first-order chi connectivity index (χ1) is 6.76. The molecule has 0 aliphatic rings. The molecule has 0 radical (unpaired) electrons. The molecular formula is C10H6BrClOS. The normalized spacial score (nSPS) is 10.7. The van der Waals surface area contributed by atoms with E-state index in [1.165, 1.54) is 11.3 Å². The van der Waals surface area contributed by atoms with Gasteiger partial charge < -0.3 is 0 Å². The third-order valence-electron chi connectivity index (χ3n) is 2.00. The number of aldehydes is 1. The largest absolute Gasteiger partial charge is 0.298 e. The van der Waals surface area contributed by atoms with Crippen LogP contribution < -0.4 is 0 Å². The van der Waals surface area contributed by atoms with Crippen molar-refractivity contribution >= 4 is 55.2 Å². The van der Waals surface area contributed by atoms with Crippen molar-refractivity contribution in [3.8, 4) is 0 Å². The smallest absolute Gasteiger partial charge is 0.151 e. The second-order valence-electron chi connectivity index (χ2n) is 2.90. The first-order valence-corrected chi connectivity index (χ1v) is 6.35. The van der Waals surface area contributed by atoms with E-state index in [0.717, 1.165) is 32.3 Å². The number of hydrogen-bond acceptors (Lipinski definition) is 2. The zero-order valence-corrected chi connectivity index (χ0v) is 10.2. The van der Waals surface area contributed by atoms with Crippen LogP contribution in [0.3, 0.4) is 0 Å². The van der Waals surface area contributed by atoms with Crippen LogP contribution in [0.5, 0.6) is 0 Å². The van der Waals surface area contributed by atoms with E-state index in [1.807, 2.05) is 17.5 Å². The van der Waals surface area contributed by atoms with Crippen LogP contribution in [-0.4, -0.2) is 6.29 Å². The highest BCUT2D eigenvalue weighted by atomic mass is 79.9. The fourth-order valence-corrected chi connectivity index (χ4v) is 2.91. The molecule has 0 aliphatic carbocycles. The molecule has 0 saturated carbocycles. The molecule has 14 heavy (non-hydrogen) atoms. The van der Waals surface area contributed by atoms with Crippen LogP contribution in [0.25, 0.3) is 10.1 Å². The highest BCUT2D eigenvalue weighted by Crippen LogP contribution is 2.33. The summed E-state index contributed by atoms with van der Waals surface area (Å²) in [4.78, 5) is 10.8. The molecule has 0 atom stereocenters. The number of carbonyl (C=O) groups excluding carboxylic acids is 1. The Labute approximate surface area is 98.8 Å². The molecule has 0 bridgehead atoms. The summed E-state index contributed by atoms with van der Waals surface area (Å²) in [7, 11) is 0. The topological polar surface area (TPSA) is 17.1 Å². The molecule has 0 unspecified atom stereocenters. The van der Waals surface area contributed by atoms with Gasteiger partial charge in [-0.2, -0.15) is 0 Å². The Hall–Kier alpha value is -0.380. The molecule has 2 rings (SSSR count). The highest BCUT2D eigenvalue weighted by molar-refractivity contribution is 9.08. The first kappa shape index (κ1) is 10.1. The van der Waals surface area contributed by atoms with Crippen molar-refractivity contribution < 1.29 is 4.79 Å². The summed E-state index contributed by atoms with van der Waals surface area (Å²) in [6, 6.07) is 3.90. The maximum atomic E-state index is 10.8. The summed E-state index contributed by atoms with van der Waals surface area (Å²) in [6.07, 6.45) is 0.876. The zero-order valence-electron chi connectivity index (χ0n) is 7.09. The van der Waals surface area contributed by atoms with E-state index in [2.05, 4.69) is 15.9 Å². The average Bonchev–Trinajstić information content (AvgIpc) is 2.59. The molecule has 1 aromatic carbocycles. The van der Waals surface area contributed by atoms with Crippen LogP contribution in [0, 0.1) is 0 Å². The molecule has 0 fully saturated rings. The van der Waals surface area contributed by atoms with Gasteiger partial charge in [-0.3, -0.25) is 4.79 Å². The Balaban J connectivity index is 2.82. The van der Waals surface area contributed by atoms with E-state index < -0.39 is 0 Å². The van der Waals surface area contributed by atoms with Crippen LogP contribution in [0.2, 0.25) is 5.02 Å². The summed E-state index contributed by atoms with van der Waals surface area (Å²) >= 11 is 10.9. The van der Waals surface area contributed by atoms with Crippen LogP contribution in [-0.2, 0) is 5.33 Å². The van der Waals surface area contributed by atoms with Gasteiger partial charge in [-0.1, -0.05) is 27.5 Å². The number of hydrogen-bond donors (Lipinski definition) is 0. The summed E-state index contributed by atoms with van der Waals surface area (Å²) in [5.41, 5.74) is 1.79. The average molecular weight is 290 g/mol. The molecule has 0 aliphatic heterocycles. The molecule has 0 N–H and O–H groups in total. The maximum Gasteiger partial charge on any atom is 0.151 e. The SMILES string of the molecule is O=Cc1cc(CBr)cc2c(Cl)csc12. The lowest BCUT2D eigenvalue weighted by atomic mass is 10.1. The molecule has 1 heterocycles. The predicted octanol–water partition coefficient (Wildman–Crippen LogP) is 4.26. The first-order valence-electron chi connectivity index (χ1n) is 3.97. The van der Waals surface area contributed by atoms with E-state index in [4.69, 9.17) is 11.6 Å². The standard InChI is InChI=1S/C10H6BrClOS/c11-3-6-1-7(4-13)10-8(2-6)9(12)5-14-10/h1-2,4-5H,3H2. The zero-order chi connectivity index (χ0) is 10.1. The number of thiophene rings is 1. The lowest BCUT2D eigenvalue weighted by Gasteiger charge is -1.99. The quantitative estimate of drug-likeness (QED) is 0.596. The van der Waals surface area contributed by atoms with Crippen molar-refractivity contribution in [2.45, 2.75) is 5.33 Å². The highest BCUT2D eigenvalue weighted by Gasteiger charge is 2.07. The van der Waals surface area contributed by atoms with Gasteiger partial charge in [-0.05, 0) is 17.7 Å².